The summed E-state index contributed by atoms with van der Waals surface area (Å²) in [6.07, 6.45) is 2.95. The van der Waals surface area contributed by atoms with Crippen molar-refractivity contribution in [1.82, 2.24) is 10.3 Å². The van der Waals surface area contributed by atoms with Crippen LogP contribution >= 0.6 is 0 Å². The molecule has 0 saturated heterocycles. The lowest BCUT2D eigenvalue weighted by atomic mass is 9.95. The van der Waals surface area contributed by atoms with Crippen molar-refractivity contribution in [2.45, 2.75) is 39.2 Å². The molecule has 0 bridgehead atoms. The molecule has 3 N–H and O–H groups in total. The fourth-order valence-corrected chi connectivity index (χ4v) is 1.65. The highest BCUT2D eigenvalue weighted by Crippen LogP contribution is 2.15. The van der Waals surface area contributed by atoms with Crippen LogP contribution < -0.4 is 10.9 Å². The van der Waals surface area contributed by atoms with Crippen LogP contribution in [0.2, 0.25) is 0 Å². The molecule has 0 radical (unpaired) electrons. The van der Waals surface area contributed by atoms with Crippen molar-refractivity contribution in [2.24, 2.45) is 5.92 Å². The van der Waals surface area contributed by atoms with E-state index in [2.05, 4.69) is 24.1 Å². The standard InChI is InChI=1S/C14H22N2O3/c1-10(2)4-6-14(3,19)9-16-13(18)11-5-7-15-12(17)8-11/h5,7-8,10,19H,4,6,9H2,1-3H3,(H,15,17)(H,16,18). The number of amides is 1. The van der Waals surface area contributed by atoms with Crippen LogP contribution in [-0.2, 0) is 0 Å². The van der Waals surface area contributed by atoms with Gasteiger partial charge in [0.15, 0.2) is 0 Å². The molecule has 0 aliphatic rings. The highest BCUT2D eigenvalue weighted by molar-refractivity contribution is 5.93. The summed E-state index contributed by atoms with van der Waals surface area (Å²) < 4.78 is 0. The highest BCUT2D eigenvalue weighted by atomic mass is 16.3. The zero-order valence-corrected chi connectivity index (χ0v) is 11.7. The third-order valence-corrected chi connectivity index (χ3v) is 2.93. The Morgan fingerprint density at radius 2 is 2.21 bits per heavy atom. The van der Waals surface area contributed by atoms with Crippen LogP contribution in [0, 0.1) is 5.92 Å². The van der Waals surface area contributed by atoms with Crippen LogP contribution in [0.3, 0.4) is 0 Å². The van der Waals surface area contributed by atoms with Gasteiger partial charge in [-0.25, -0.2) is 0 Å². The molecule has 0 aliphatic carbocycles. The van der Waals surface area contributed by atoms with E-state index in [0.717, 1.165) is 6.42 Å². The maximum atomic E-state index is 11.8. The van der Waals surface area contributed by atoms with Gasteiger partial charge in [0.25, 0.3) is 5.91 Å². The molecular weight excluding hydrogens is 244 g/mol. The minimum Gasteiger partial charge on any atom is -0.388 e. The van der Waals surface area contributed by atoms with E-state index >= 15 is 0 Å². The Balaban J connectivity index is 2.52. The summed E-state index contributed by atoms with van der Waals surface area (Å²) in [6.45, 7) is 6.05. The molecule has 1 amide bonds. The summed E-state index contributed by atoms with van der Waals surface area (Å²) in [7, 11) is 0. The molecule has 1 heterocycles. The van der Waals surface area contributed by atoms with Gasteiger partial charge in [0.1, 0.15) is 0 Å². The Morgan fingerprint density at radius 3 is 2.79 bits per heavy atom. The molecule has 1 atom stereocenters. The van der Waals surface area contributed by atoms with E-state index in [-0.39, 0.29) is 18.0 Å². The third kappa shape index (κ3) is 5.70. The maximum absolute atomic E-state index is 11.8. The Bertz CT molecular complexity index is 478. The van der Waals surface area contributed by atoms with Crippen molar-refractivity contribution in [3.05, 3.63) is 34.2 Å². The molecule has 1 aromatic heterocycles. The number of hydrogen-bond donors (Lipinski definition) is 3. The van der Waals surface area contributed by atoms with Gasteiger partial charge in [-0.1, -0.05) is 13.8 Å². The first-order chi connectivity index (χ1) is 8.80. The van der Waals surface area contributed by atoms with E-state index in [1.54, 1.807) is 6.92 Å². The molecule has 0 aromatic carbocycles. The van der Waals surface area contributed by atoms with Crippen LogP contribution in [0.25, 0.3) is 0 Å². The summed E-state index contributed by atoms with van der Waals surface area (Å²) >= 11 is 0. The van der Waals surface area contributed by atoms with Crippen molar-refractivity contribution in [3.63, 3.8) is 0 Å². The minimum atomic E-state index is -0.929. The Hall–Kier alpha value is -1.62. The van der Waals surface area contributed by atoms with Crippen molar-refractivity contribution >= 4 is 5.91 Å². The highest BCUT2D eigenvalue weighted by Gasteiger charge is 2.21. The zero-order valence-electron chi connectivity index (χ0n) is 11.7. The largest absolute Gasteiger partial charge is 0.388 e. The maximum Gasteiger partial charge on any atom is 0.251 e. The van der Waals surface area contributed by atoms with Crippen molar-refractivity contribution < 1.29 is 9.90 Å². The van der Waals surface area contributed by atoms with Crippen LogP contribution in [0.1, 0.15) is 44.0 Å². The van der Waals surface area contributed by atoms with Crippen LogP contribution in [-0.4, -0.2) is 28.1 Å². The van der Waals surface area contributed by atoms with Crippen LogP contribution in [0.15, 0.2) is 23.1 Å². The van der Waals surface area contributed by atoms with Gasteiger partial charge in [-0.05, 0) is 31.7 Å². The number of nitrogens with one attached hydrogen (secondary N) is 2. The second-order valence-electron chi connectivity index (χ2n) is 5.55. The smallest absolute Gasteiger partial charge is 0.251 e. The Kier molecular flexibility index (Phi) is 5.30. The number of aliphatic hydroxyl groups is 1. The van der Waals surface area contributed by atoms with E-state index in [9.17, 15) is 14.7 Å². The predicted octanol–water partition coefficient (Wildman–Crippen LogP) is 1.29. The number of aromatic amines is 1. The first-order valence-electron chi connectivity index (χ1n) is 6.49. The molecule has 0 spiro atoms. The van der Waals surface area contributed by atoms with E-state index in [0.29, 0.717) is 17.9 Å². The number of hydrogen-bond acceptors (Lipinski definition) is 3. The number of pyridine rings is 1. The van der Waals surface area contributed by atoms with Gasteiger partial charge >= 0.3 is 0 Å². The average Bonchev–Trinajstić information content (AvgIpc) is 2.34. The number of H-pyrrole nitrogens is 1. The fourth-order valence-electron chi connectivity index (χ4n) is 1.65. The predicted molar refractivity (Wildman–Crippen MR) is 74.1 cm³/mol. The lowest BCUT2D eigenvalue weighted by molar-refractivity contribution is 0.0429. The fraction of sp³-hybridized carbons (Fsp3) is 0.571. The van der Waals surface area contributed by atoms with Gasteiger partial charge in [0.05, 0.1) is 5.60 Å². The molecule has 0 saturated carbocycles. The quantitative estimate of drug-likeness (QED) is 0.725. The van der Waals surface area contributed by atoms with Crippen LogP contribution in [0.4, 0.5) is 0 Å². The second-order valence-corrected chi connectivity index (χ2v) is 5.55. The molecule has 5 nitrogen and oxygen atoms in total. The molecular formula is C14H22N2O3. The molecule has 106 valence electrons. The van der Waals surface area contributed by atoms with Gasteiger partial charge in [-0.3, -0.25) is 9.59 Å². The average molecular weight is 266 g/mol. The van der Waals surface area contributed by atoms with E-state index < -0.39 is 5.60 Å². The van der Waals surface area contributed by atoms with Crippen molar-refractivity contribution in [3.8, 4) is 0 Å². The van der Waals surface area contributed by atoms with Gasteiger partial charge in [-0.15, -0.1) is 0 Å². The molecule has 1 rings (SSSR count). The van der Waals surface area contributed by atoms with E-state index in [1.807, 2.05) is 0 Å². The third-order valence-electron chi connectivity index (χ3n) is 2.93. The van der Waals surface area contributed by atoms with Crippen molar-refractivity contribution in [1.29, 1.82) is 0 Å². The molecule has 1 unspecified atom stereocenters. The van der Waals surface area contributed by atoms with Gasteiger partial charge in [0.2, 0.25) is 5.56 Å². The SMILES string of the molecule is CC(C)CCC(C)(O)CNC(=O)c1cc[nH]c(=O)c1. The molecule has 19 heavy (non-hydrogen) atoms. The molecule has 0 fully saturated rings. The van der Waals surface area contributed by atoms with E-state index in [4.69, 9.17) is 0 Å². The lowest BCUT2D eigenvalue weighted by Gasteiger charge is -2.24. The lowest BCUT2D eigenvalue weighted by Crippen LogP contribution is -2.41. The summed E-state index contributed by atoms with van der Waals surface area (Å²) in [5.74, 6) is 0.158. The van der Waals surface area contributed by atoms with Gasteiger partial charge < -0.3 is 15.4 Å². The number of carbonyl (C=O) groups is 1. The monoisotopic (exact) mass is 266 g/mol. The Morgan fingerprint density at radius 1 is 1.53 bits per heavy atom. The number of carbonyl (C=O) groups excluding carboxylic acids is 1. The van der Waals surface area contributed by atoms with Gasteiger partial charge in [-0.2, -0.15) is 0 Å². The number of aromatic nitrogens is 1. The van der Waals surface area contributed by atoms with Gasteiger partial charge in [0, 0.05) is 24.4 Å². The summed E-state index contributed by atoms with van der Waals surface area (Å²) in [6, 6.07) is 2.76. The first-order valence-corrected chi connectivity index (χ1v) is 6.49. The molecule has 5 heteroatoms. The van der Waals surface area contributed by atoms with Crippen molar-refractivity contribution in [2.75, 3.05) is 6.54 Å². The van der Waals surface area contributed by atoms with E-state index in [1.165, 1.54) is 18.3 Å². The molecule has 0 aliphatic heterocycles. The Labute approximate surface area is 113 Å². The number of rotatable bonds is 6. The second kappa shape index (κ2) is 6.52. The minimum absolute atomic E-state index is 0.172. The normalized spacial score (nSPS) is 14.2. The van der Waals surface area contributed by atoms with Crippen LogP contribution in [0.5, 0.6) is 0 Å². The summed E-state index contributed by atoms with van der Waals surface area (Å²) in [4.78, 5) is 25.3. The molecule has 1 aromatic rings. The zero-order chi connectivity index (χ0) is 14.5. The summed E-state index contributed by atoms with van der Waals surface area (Å²) in [5, 5.41) is 12.8. The topological polar surface area (TPSA) is 82.2 Å². The first kappa shape index (κ1) is 15.4. The summed E-state index contributed by atoms with van der Waals surface area (Å²) in [5.41, 5.74) is -0.955.